The lowest BCUT2D eigenvalue weighted by Gasteiger charge is -2.23. The quantitative estimate of drug-likeness (QED) is 0.626. The molecule has 3 N–H and O–H groups in total. The van der Waals surface area contributed by atoms with Crippen molar-refractivity contribution in [1.29, 1.82) is 0 Å². The summed E-state index contributed by atoms with van der Waals surface area (Å²) in [7, 11) is 0. The molecule has 2 aromatic heterocycles. The first-order valence-electron chi connectivity index (χ1n) is 10.8. The van der Waals surface area contributed by atoms with Crippen LogP contribution in [0, 0.1) is 11.8 Å². The third kappa shape index (κ3) is 3.87. The Morgan fingerprint density at radius 2 is 1.88 bits per heavy atom. The monoisotopic (exact) mass is 446 g/mol. The van der Waals surface area contributed by atoms with Gasteiger partial charge in [0.05, 0.1) is 5.56 Å². The summed E-state index contributed by atoms with van der Waals surface area (Å²) in [6.45, 7) is 1.72. The van der Waals surface area contributed by atoms with E-state index in [4.69, 9.17) is 5.73 Å². The molecule has 3 heterocycles. The second-order valence-electron chi connectivity index (χ2n) is 8.82. The van der Waals surface area contributed by atoms with Gasteiger partial charge >= 0.3 is 6.18 Å². The van der Waals surface area contributed by atoms with Crippen LogP contribution in [0.15, 0.2) is 36.7 Å². The molecular weight excluding hydrogens is 421 g/mol. The van der Waals surface area contributed by atoms with Crippen LogP contribution < -0.4 is 5.73 Å². The lowest BCUT2D eigenvalue weighted by Crippen LogP contribution is -2.28. The Morgan fingerprint density at radius 1 is 1.16 bits per heavy atom. The minimum Gasteiger partial charge on any atom is -0.371 e. The van der Waals surface area contributed by atoms with Crippen LogP contribution in [-0.2, 0) is 12.6 Å². The second kappa shape index (κ2) is 8.09. The van der Waals surface area contributed by atoms with Crippen LogP contribution in [0.25, 0.3) is 5.78 Å². The summed E-state index contributed by atoms with van der Waals surface area (Å²) in [5, 5.41) is 15.3. The van der Waals surface area contributed by atoms with Gasteiger partial charge in [0, 0.05) is 25.5 Å². The van der Waals surface area contributed by atoms with Gasteiger partial charge in [-0.25, -0.2) is 9.50 Å². The first-order chi connectivity index (χ1) is 15.3. The van der Waals surface area contributed by atoms with Gasteiger partial charge in [-0.15, -0.1) is 5.10 Å². The van der Waals surface area contributed by atoms with Crippen LogP contribution in [0.1, 0.15) is 47.5 Å². The van der Waals surface area contributed by atoms with Crippen LogP contribution in [0.2, 0.25) is 0 Å². The van der Waals surface area contributed by atoms with Crippen LogP contribution in [0.5, 0.6) is 0 Å². The van der Waals surface area contributed by atoms with E-state index in [-0.39, 0.29) is 23.6 Å². The van der Waals surface area contributed by atoms with Crippen molar-refractivity contribution >= 4 is 5.78 Å². The summed E-state index contributed by atoms with van der Waals surface area (Å²) in [5.41, 5.74) is 6.38. The van der Waals surface area contributed by atoms with Gasteiger partial charge in [-0.3, -0.25) is 4.90 Å². The molecule has 5 rings (SSSR count). The first kappa shape index (κ1) is 21.3. The normalized spacial score (nSPS) is 24.8. The van der Waals surface area contributed by atoms with E-state index in [1.807, 2.05) is 4.90 Å². The number of rotatable bonds is 5. The van der Waals surface area contributed by atoms with E-state index in [1.165, 1.54) is 12.1 Å². The molecule has 2 aliphatic rings. The molecule has 1 aliphatic carbocycles. The summed E-state index contributed by atoms with van der Waals surface area (Å²) < 4.78 is 41.9. The Hall–Kier alpha value is -2.56. The Labute approximate surface area is 183 Å². The van der Waals surface area contributed by atoms with Gasteiger partial charge in [-0.1, -0.05) is 18.2 Å². The predicted octanol–water partition coefficient (Wildman–Crippen LogP) is 2.76. The van der Waals surface area contributed by atoms with Gasteiger partial charge in [-0.05, 0) is 60.8 Å². The third-order valence-corrected chi connectivity index (χ3v) is 6.76. The van der Waals surface area contributed by atoms with Gasteiger partial charge in [-0.2, -0.15) is 18.2 Å². The van der Waals surface area contributed by atoms with E-state index in [2.05, 4.69) is 15.1 Å². The van der Waals surface area contributed by atoms with Crippen molar-refractivity contribution in [2.45, 2.75) is 37.6 Å². The number of hydrogen-bond acceptors (Lipinski definition) is 6. The zero-order chi connectivity index (χ0) is 22.5. The molecule has 1 aromatic carbocycles. The predicted molar refractivity (Wildman–Crippen MR) is 110 cm³/mol. The summed E-state index contributed by atoms with van der Waals surface area (Å²) >= 11 is 0. The fourth-order valence-electron chi connectivity index (χ4n) is 5.31. The molecule has 0 bridgehead atoms. The van der Waals surface area contributed by atoms with Gasteiger partial charge in [0.15, 0.2) is 12.1 Å². The van der Waals surface area contributed by atoms with Crippen molar-refractivity contribution in [1.82, 2.24) is 24.5 Å². The molecule has 0 spiro atoms. The lowest BCUT2D eigenvalue weighted by atomic mass is 9.91. The topological polar surface area (TPSA) is 92.6 Å². The van der Waals surface area contributed by atoms with Crippen molar-refractivity contribution in [3.63, 3.8) is 0 Å². The number of halogens is 3. The van der Waals surface area contributed by atoms with Gasteiger partial charge in [0.2, 0.25) is 0 Å². The number of aliphatic hydroxyl groups is 1. The summed E-state index contributed by atoms with van der Waals surface area (Å²) in [5.74, 6) is 1.05. The van der Waals surface area contributed by atoms with Gasteiger partial charge in [0.1, 0.15) is 0 Å². The Balaban J connectivity index is 1.28. The van der Waals surface area contributed by atoms with E-state index in [0.29, 0.717) is 50.2 Å². The largest absolute Gasteiger partial charge is 0.416 e. The number of nitrogens with zero attached hydrogens (tertiary/aromatic N) is 5. The molecule has 1 saturated carbocycles. The second-order valence-corrected chi connectivity index (χ2v) is 8.82. The number of alkyl halides is 3. The SMILES string of the molecule is NCCc1cnc2nc(C(O)N3C[C@H]4C[C@@H](c5ccccc5C(F)(F)F)C[C@H]4C3)nn2c1. The van der Waals surface area contributed by atoms with Crippen molar-refractivity contribution in [3.8, 4) is 0 Å². The molecule has 2 fully saturated rings. The Morgan fingerprint density at radius 3 is 2.56 bits per heavy atom. The fourth-order valence-corrected chi connectivity index (χ4v) is 5.31. The minimum atomic E-state index is -4.34. The van der Waals surface area contributed by atoms with Crippen LogP contribution in [0.4, 0.5) is 13.2 Å². The molecule has 0 amide bonds. The maximum atomic E-state index is 13.4. The lowest BCUT2D eigenvalue weighted by molar-refractivity contribution is -0.138. The van der Waals surface area contributed by atoms with E-state index >= 15 is 0 Å². The molecule has 7 nitrogen and oxygen atoms in total. The number of likely N-dealkylation sites (tertiary alicyclic amines) is 1. The van der Waals surface area contributed by atoms with Crippen molar-refractivity contribution in [3.05, 3.63) is 59.2 Å². The highest BCUT2D eigenvalue weighted by atomic mass is 19.4. The number of nitrogens with two attached hydrogens (primary N) is 1. The molecule has 1 saturated heterocycles. The number of aromatic nitrogens is 4. The highest BCUT2D eigenvalue weighted by Gasteiger charge is 2.45. The van der Waals surface area contributed by atoms with Gasteiger partial charge in [0.25, 0.3) is 5.78 Å². The Kier molecular flexibility index (Phi) is 5.39. The van der Waals surface area contributed by atoms with Crippen LogP contribution in [-0.4, -0.2) is 49.2 Å². The zero-order valence-corrected chi connectivity index (χ0v) is 17.4. The summed E-state index contributed by atoms with van der Waals surface area (Å²) in [6.07, 6.45) is 0.235. The van der Waals surface area contributed by atoms with Gasteiger partial charge < -0.3 is 10.8 Å². The molecule has 1 unspecified atom stereocenters. The van der Waals surface area contributed by atoms with Crippen molar-refractivity contribution in [2.24, 2.45) is 17.6 Å². The maximum absolute atomic E-state index is 13.4. The van der Waals surface area contributed by atoms with E-state index < -0.39 is 18.0 Å². The number of hydrogen-bond donors (Lipinski definition) is 2. The minimum absolute atomic E-state index is 0.111. The fraction of sp³-hybridized carbons (Fsp3) is 0.500. The molecule has 3 aromatic rings. The molecule has 0 radical (unpaired) electrons. The molecule has 4 atom stereocenters. The molecule has 1 aliphatic heterocycles. The summed E-state index contributed by atoms with van der Waals surface area (Å²) in [4.78, 5) is 10.5. The van der Waals surface area contributed by atoms with E-state index in [9.17, 15) is 18.3 Å². The number of aliphatic hydroxyl groups excluding tert-OH is 1. The standard InChI is InChI=1S/C22H25F3N6O/c23-22(24,25)18-4-2-1-3-17(18)14-7-15-11-30(12-16(15)8-14)20(32)19-28-21-27-9-13(5-6-26)10-31(21)29-19/h1-4,9-10,14-16,20,32H,5-8,11-12,26H2/t14-,15-,16+,20?. The molecule has 32 heavy (non-hydrogen) atoms. The number of fused-ring (bicyclic) bond motifs is 2. The van der Waals surface area contributed by atoms with Crippen molar-refractivity contribution in [2.75, 3.05) is 19.6 Å². The maximum Gasteiger partial charge on any atom is 0.416 e. The summed E-state index contributed by atoms with van der Waals surface area (Å²) in [6, 6.07) is 5.89. The molecule has 10 heteroatoms. The molecular formula is C22H25F3N6O. The first-order valence-corrected chi connectivity index (χ1v) is 10.8. The number of benzene rings is 1. The highest BCUT2D eigenvalue weighted by Crippen LogP contribution is 2.49. The van der Waals surface area contributed by atoms with Crippen LogP contribution in [0.3, 0.4) is 0 Å². The van der Waals surface area contributed by atoms with Crippen molar-refractivity contribution < 1.29 is 18.3 Å². The zero-order valence-electron chi connectivity index (χ0n) is 17.4. The third-order valence-electron chi connectivity index (χ3n) is 6.76. The van der Waals surface area contributed by atoms with Crippen LogP contribution >= 0.6 is 0 Å². The average molecular weight is 446 g/mol. The molecule has 170 valence electrons. The smallest absolute Gasteiger partial charge is 0.371 e. The average Bonchev–Trinajstić information content (AvgIpc) is 3.45. The Bertz CT molecular complexity index is 1100. The van der Waals surface area contributed by atoms with E-state index in [1.54, 1.807) is 29.0 Å². The van der Waals surface area contributed by atoms with E-state index in [0.717, 1.165) is 5.56 Å². The highest BCUT2D eigenvalue weighted by molar-refractivity contribution is 5.34.